The zero-order valence-corrected chi connectivity index (χ0v) is 20.2. The van der Waals surface area contributed by atoms with Crippen LogP contribution < -0.4 is 20.3 Å². The van der Waals surface area contributed by atoms with E-state index in [0.717, 1.165) is 21.2 Å². The number of anilines is 3. The molecule has 10 heteroatoms. The van der Waals surface area contributed by atoms with Gasteiger partial charge in [-0.15, -0.1) is 0 Å². The van der Waals surface area contributed by atoms with Gasteiger partial charge < -0.3 is 19.9 Å². The molecule has 2 amide bonds. The van der Waals surface area contributed by atoms with Gasteiger partial charge in [0.2, 0.25) is 18.3 Å². The van der Waals surface area contributed by atoms with Crippen molar-refractivity contribution in [3.8, 4) is 11.5 Å². The summed E-state index contributed by atoms with van der Waals surface area (Å²) in [6.07, 6.45) is 2.24. The normalized spacial score (nSPS) is 10.7. The van der Waals surface area contributed by atoms with E-state index in [9.17, 15) is 9.59 Å². The minimum absolute atomic E-state index is 0.156. The molecule has 2 aromatic carbocycles. The molecule has 0 atom stereocenters. The van der Waals surface area contributed by atoms with Crippen LogP contribution in [0.15, 0.2) is 65.3 Å². The van der Waals surface area contributed by atoms with Gasteiger partial charge in [-0.2, -0.15) is 0 Å². The topological polar surface area (TPSA) is 101 Å². The highest BCUT2D eigenvalue weighted by Crippen LogP contribution is 2.29. The minimum atomic E-state index is -0.156. The summed E-state index contributed by atoms with van der Waals surface area (Å²) in [7, 11) is 1.95. The van der Waals surface area contributed by atoms with E-state index >= 15 is 0 Å². The number of ether oxygens (including phenoxy) is 1. The molecule has 2 heterocycles. The number of hydrogen-bond donors (Lipinski definition) is 2. The number of carbonyl (C=O) groups is 2. The first-order chi connectivity index (χ1) is 16.4. The van der Waals surface area contributed by atoms with Crippen LogP contribution in [0, 0.1) is 0 Å². The number of carbonyl (C=O) groups excluding carboxylic acids is 2. The molecule has 2 aromatic heterocycles. The van der Waals surface area contributed by atoms with Crippen molar-refractivity contribution in [2.45, 2.75) is 6.92 Å². The van der Waals surface area contributed by atoms with Crippen molar-refractivity contribution in [1.29, 1.82) is 0 Å². The number of fused-ring (bicyclic) bond motifs is 1. The summed E-state index contributed by atoms with van der Waals surface area (Å²) >= 11 is 3.44. The average molecular weight is 523 g/mol. The van der Waals surface area contributed by atoms with Crippen molar-refractivity contribution >= 4 is 56.7 Å². The highest BCUT2D eigenvalue weighted by Gasteiger charge is 2.12. The van der Waals surface area contributed by atoms with E-state index in [-0.39, 0.29) is 5.91 Å². The van der Waals surface area contributed by atoms with Gasteiger partial charge >= 0.3 is 0 Å². The first-order valence-corrected chi connectivity index (χ1v) is 11.3. The Kier molecular flexibility index (Phi) is 7.07. The largest absolute Gasteiger partial charge is 0.457 e. The lowest BCUT2D eigenvalue weighted by atomic mass is 10.3. The summed E-state index contributed by atoms with van der Waals surface area (Å²) < 4.78 is 9.00. The number of rotatable bonds is 9. The number of pyridine rings is 1. The van der Waals surface area contributed by atoms with Crippen molar-refractivity contribution in [1.82, 2.24) is 19.9 Å². The number of aryl methyl sites for hydroxylation is 1. The molecule has 4 rings (SSSR count). The van der Waals surface area contributed by atoms with Gasteiger partial charge in [-0.3, -0.25) is 14.5 Å². The molecule has 0 fully saturated rings. The third-order valence-corrected chi connectivity index (χ3v) is 5.58. The molecule has 0 aliphatic carbocycles. The summed E-state index contributed by atoms with van der Waals surface area (Å²) in [6, 6.07) is 16.9. The van der Waals surface area contributed by atoms with Gasteiger partial charge in [0.05, 0.1) is 11.0 Å². The number of nitrogens with one attached hydrogen (secondary N) is 2. The highest BCUT2D eigenvalue weighted by atomic mass is 79.9. The van der Waals surface area contributed by atoms with Gasteiger partial charge in [0, 0.05) is 55.6 Å². The summed E-state index contributed by atoms with van der Waals surface area (Å²) in [5.74, 6) is 2.11. The number of nitrogens with zero attached hydrogens (tertiary/aromatic N) is 4. The third kappa shape index (κ3) is 5.52. The van der Waals surface area contributed by atoms with Crippen molar-refractivity contribution in [2.75, 3.05) is 23.3 Å². The van der Waals surface area contributed by atoms with Crippen LogP contribution in [0.3, 0.4) is 0 Å². The second-order valence-corrected chi connectivity index (χ2v) is 8.43. The molecular formula is C24H23BrN6O3. The lowest BCUT2D eigenvalue weighted by Crippen LogP contribution is -2.33. The molecule has 0 spiro atoms. The predicted molar refractivity (Wildman–Crippen MR) is 135 cm³/mol. The van der Waals surface area contributed by atoms with Crippen molar-refractivity contribution in [3.63, 3.8) is 0 Å². The molecule has 0 radical (unpaired) electrons. The molecule has 0 bridgehead atoms. The Labute approximate surface area is 204 Å². The zero-order chi connectivity index (χ0) is 24.1. The fourth-order valence-corrected chi connectivity index (χ4v) is 3.61. The Bertz CT molecular complexity index is 1320. The molecule has 0 aliphatic rings. The van der Waals surface area contributed by atoms with Gasteiger partial charge in [0.15, 0.2) is 0 Å². The van der Waals surface area contributed by atoms with Crippen LogP contribution >= 0.6 is 15.9 Å². The van der Waals surface area contributed by atoms with E-state index in [1.165, 1.54) is 11.8 Å². The van der Waals surface area contributed by atoms with Crippen LogP contribution in [0.2, 0.25) is 0 Å². The van der Waals surface area contributed by atoms with Crippen LogP contribution in [-0.4, -0.2) is 39.9 Å². The molecule has 0 saturated carbocycles. The number of imidazole rings is 1. The van der Waals surface area contributed by atoms with Gasteiger partial charge in [0.25, 0.3) is 0 Å². The Morgan fingerprint density at radius 2 is 1.91 bits per heavy atom. The van der Waals surface area contributed by atoms with Gasteiger partial charge in [-0.1, -0.05) is 15.9 Å². The molecule has 2 N–H and O–H groups in total. The summed E-state index contributed by atoms with van der Waals surface area (Å²) in [5, 5.41) is 5.99. The second-order valence-electron chi connectivity index (χ2n) is 7.51. The minimum Gasteiger partial charge on any atom is -0.457 e. The van der Waals surface area contributed by atoms with E-state index in [2.05, 4.69) is 31.5 Å². The molecular weight excluding hydrogens is 500 g/mol. The lowest BCUT2D eigenvalue weighted by Gasteiger charge is -2.17. The Balaban J connectivity index is 1.51. The highest BCUT2D eigenvalue weighted by molar-refractivity contribution is 9.10. The molecule has 0 aliphatic heterocycles. The van der Waals surface area contributed by atoms with Crippen molar-refractivity contribution in [3.05, 3.63) is 65.3 Å². The zero-order valence-electron chi connectivity index (χ0n) is 18.7. The maximum Gasteiger partial charge on any atom is 0.216 e. The van der Waals surface area contributed by atoms with E-state index in [4.69, 9.17) is 9.72 Å². The smallest absolute Gasteiger partial charge is 0.216 e. The van der Waals surface area contributed by atoms with Gasteiger partial charge in [-0.05, 0) is 42.5 Å². The van der Waals surface area contributed by atoms with Crippen molar-refractivity contribution in [2.24, 2.45) is 7.05 Å². The standard InChI is InChI=1S/C24H23BrN6O3/c1-16(33)26-11-12-31(15-32)23-14-20(9-10-27-23)34-19-7-8-22-21(13-19)29-24(30(22)2)28-18-5-3-17(25)4-6-18/h3-10,13-15H,11-12H2,1-2H3,(H,26,33)(H,28,29). The number of amides is 2. The lowest BCUT2D eigenvalue weighted by molar-refractivity contribution is -0.119. The quantitative estimate of drug-likeness (QED) is 0.316. The monoisotopic (exact) mass is 522 g/mol. The van der Waals surface area contributed by atoms with Gasteiger partial charge in [-0.25, -0.2) is 9.97 Å². The Morgan fingerprint density at radius 3 is 2.65 bits per heavy atom. The Hall–Kier alpha value is -3.92. The van der Waals surface area contributed by atoms with E-state index in [1.807, 2.05) is 54.1 Å². The summed E-state index contributed by atoms with van der Waals surface area (Å²) in [5.41, 5.74) is 2.66. The van der Waals surface area contributed by atoms with Crippen LogP contribution in [0.1, 0.15) is 6.92 Å². The molecule has 174 valence electrons. The maximum atomic E-state index is 11.5. The van der Waals surface area contributed by atoms with E-state index in [1.54, 1.807) is 18.3 Å². The third-order valence-electron chi connectivity index (χ3n) is 5.05. The van der Waals surface area contributed by atoms with Crippen LogP contribution in [0.5, 0.6) is 11.5 Å². The molecule has 0 saturated heterocycles. The fourth-order valence-electron chi connectivity index (χ4n) is 3.35. The number of aromatic nitrogens is 3. The summed E-state index contributed by atoms with van der Waals surface area (Å²) in [4.78, 5) is 32.9. The van der Waals surface area contributed by atoms with Crippen LogP contribution in [-0.2, 0) is 16.6 Å². The van der Waals surface area contributed by atoms with E-state index < -0.39 is 0 Å². The van der Waals surface area contributed by atoms with Crippen LogP contribution in [0.4, 0.5) is 17.5 Å². The first-order valence-electron chi connectivity index (χ1n) is 10.5. The average Bonchev–Trinajstić information content (AvgIpc) is 3.12. The molecule has 9 nitrogen and oxygen atoms in total. The first kappa shape index (κ1) is 23.2. The maximum absolute atomic E-state index is 11.5. The molecule has 4 aromatic rings. The molecule has 34 heavy (non-hydrogen) atoms. The number of hydrogen-bond acceptors (Lipinski definition) is 6. The van der Waals surface area contributed by atoms with Gasteiger partial charge in [0.1, 0.15) is 17.3 Å². The second kappa shape index (κ2) is 10.3. The number of benzene rings is 2. The summed E-state index contributed by atoms with van der Waals surface area (Å²) in [6.45, 7) is 2.05. The van der Waals surface area contributed by atoms with E-state index in [0.29, 0.717) is 42.8 Å². The SMILES string of the molecule is CC(=O)NCCN(C=O)c1cc(Oc2ccc3c(c2)nc(Nc2ccc(Br)cc2)n3C)ccn1. The number of halogens is 1. The van der Waals surface area contributed by atoms with Crippen molar-refractivity contribution < 1.29 is 14.3 Å². The van der Waals surface area contributed by atoms with Crippen LogP contribution in [0.25, 0.3) is 11.0 Å². The molecule has 0 unspecified atom stereocenters. The Morgan fingerprint density at radius 1 is 1.15 bits per heavy atom. The fraction of sp³-hybridized carbons (Fsp3) is 0.167. The predicted octanol–water partition coefficient (Wildman–Crippen LogP) is 4.37.